The highest BCUT2D eigenvalue weighted by Crippen LogP contribution is 2.34. The Bertz CT molecular complexity index is 1310. The van der Waals surface area contributed by atoms with Gasteiger partial charge >= 0.3 is 12.2 Å². The van der Waals surface area contributed by atoms with Crippen molar-refractivity contribution in [3.63, 3.8) is 0 Å². The van der Waals surface area contributed by atoms with Gasteiger partial charge in [-0.25, -0.2) is 9.18 Å². The lowest BCUT2D eigenvalue weighted by molar-refractivity contribution is -0.137. The molecule has 3 N–H and O–H groups in total. The first-order chi connectivity index (χ1) is 17.4. The highest BCUT2D eigenvalue weighted by atomic mass is 79.9. The third-order valence-corrected chi connectivity index (χ3v) is 6.69. The van der Waals surface area contributed by atoms with Crippen molar-refractivity contribution >= 4 is 39.2 Å². The molecule has 0 unspecified atom stereocenters. The minimum Gasteiger partial charge on any atom is -0.385 e. The van der Waals surface area contributed by atoms with Crippen molar-refractivity contribution in [2.45, 2.75) is 24.6 Å². The van der Waals surface area contributed by atoms with Crippen molar-refractivity contribution in [1.29, 1.82) is 0 Å². The summed E-state index contributed by atoms with van der Waals surface area (Å²) in [7, 11) is 0. The Morgan fingerprint density at radius 3 is 2.16 bits per heavy atom. The first kappa shape index (κ1) is 26.6. The third-order valence-electron chi connectivity index (χ3n) is 6.16. The number of hydrogen-bond acceptors (Lipinski definition) is 3. The zero-order chi connectivity index (χ0) is 26.8. The van der Waals surface area contributed by atoms with Gasteiger partial charge in [-0.15, -0.1) is 0 Å². The fourth-order valence-electron chi connectivity index (χ4n) is 4.16. The molecule has 0 atom stereocenters. The molecule has 3 aromatic rings. The Hall–Kier alpha value is -3.44. The molecule has 1 aliphatic heterocycles. The Kier molecular flexibility index (Phi) is 7.56. The van der Waals surface area contributed by atoms with Gasteiger partial charge in [0, 0.05) is 28.9 Å². The summed E-state index contributed by atoms with van der Waals surface area (Å²) in [5, 5.41) is 16.0. The molecule has 0 aromatic heterocycles. The van der Waals surface area contributed by atoms with Gasteiger partial charge < -0.3 is 20.6 Å². The van der Waals surface area contributed by atoms with Crippen molar-refractivity contribution in [3.8, 4) is 0 Å². The van der Waals surface area contributed by atoms with E-state index in [0.717, 1.165) is 10.0 Å². The number of anilines is 2. The van der Waals surface area contributed by atoms with Crippen LogP contribution in [0.2, 0.25) is 0 Å². The molecule has 194 valence electrons. The average Bonchev–Trinajstić information content (AvgIpc) is 2.84. The first-order valence-corrected chi connectivity index (χ1v) is 12.1. The number of carbonyl (C=O) groups excluding carboxylic acids is 2. The quantitative estimate of drug-likeness (QED) is 0.314. The lowest BCUT2D eigenvalue weighted by Gasteiger charge is -2.38. The van der Waals surface area contributed by atoms with E-state index in [-0.39, 0.29) is 5.69 Å². The third kappa shape index (κ3) is 6.28. The van der Waals surface area contributed by atoms with Crippen molar-refractivity contribution in [2.75, 3.05) is 23.7 Å². The molecule has 6 nitrogen and oxygen atoms in total. The topological polar surface area (TPSA) is 81.7 Å². The van der Waals surface area contributed by atoms with Crippen LogP contribution in [0.5, 0.6) is 0 Å². The standard InChI is InChI=1S/C26H22BrF4N3O3/c27-17-6-4-16(5-7-17)25(37)10-12-34(13-11-25)24(36)33-20-3-1-2-19(15-20)32-23(35)21-14-18(28)8-9-22(21)26(29,30)31/h1-9,14-15,37H,10-13H2,(H,32,35)(H,33,36). The van der Waals surface area contributed by atoms with Gasteiger partial charge in [-0.2, -0.15) is 13.2 Å². The van der Waals surface area contributed by atoms with Crippen molar-refractivity contribution < 1.29 is 32.3 Å². The van der Waals surface area contributed by atoms with Gasteiger partial charge in [0.15, 0.2) is 0 Å². The van der Waals surface area contributed by atoms with Gasteiger partial charge in [0.05, 0.1) is 16.7 Å². The van der Waals surface area contributed by atoms with Gasteiger partial charge in [0.25, 0.3) is 5.91 Å². The molecule has 1 aliphatic rings. The molecule has 4 rings (SSSR count). The Morgan fingerprint density at radius 2 is 1.54 bits per heavy atom. The van der Waals surface area contributed by atoms with Crippen LogP contribution in [0.3, 0.4) is 0 Å². The van der Waals surface area contributed by atoms with E-state index in [1.165, 1.54) is 18.2 Å². The summed E-state index contributed by atoms with van der Waals surface area (Å²) in [6.45, 7) is 0.600. The lowest BCUT2D eigenvalue weighted by atomic mass is 9.84. The van der Waals surface area contributed by atoms with Crippen LogP contribution in [0.1, 0.15) is 34.3 Å². The number of hydrogen-bond donors (Lipinski definition) is 3. The molecule has 0 aliphatic carbocycles. The highest BCUT2D eigenvalue weighted by molar-refractivity contribution is 9.10. The fourth-order valence-corrected chi connectivity index (χ4v) is 4.42. The van der Waals surface area contributed by atoms with Crippen LogP contribution in [0.25, 0.3) is 0 Å². The van der Waals surface area contributed by atoms with E-state index in [4.69, 9.17) is 0 Å². The van der Waals surface area contributed by atoms with Crippen LogP contribution in [-0.2, 0) is 11.8 Å². The first-order valence-electron chi connectivity index (χ1n) is 11.3. The maximum absolute atomic E-state index is 13.6. The number of carbonyl (C=O) groups is 2. The van der Waals surface area contributed by atoms with Crippen LogP contribution < -0.4 is 10.6 Å². The number of rotatable bonds is 4. The minimum atomic E-state index is -4.84. The van der Waals surface area contributed by atoms with Crippen LogP contribution in [0, 0.1) is 5.82 Å². The molecular formula is C26H22BrF4N3O3. The number of nitrogens with one attached hydrogen (secondary N) is 2. The van der Waals surface area contributed by atoms with E-state index in [0.29, 0.717) is 49.8 Å². The maximum Gasteiger partial charge on any atom is 0.417 e. The van der Waals surface area contributed by atoms with Crippen LogP contribution in [0.15, 0.2) is 71.2 Å². The number of urea groups is 1. The van der Waals surface area contributed by atoms with Crippen molar-refractivity contribution in [1.82, 2.24) is 4.90 Å². The summed E-state index contributed by atoms with van der Waals surface area (Å²) in [5.41, 5.74) is -1.98. The monoisotopic (exact) mass is 579 g/mol. The highest BCUT2D eigenvalue weighted by Gasteiger charge is 2.36. The second kappa shape index (κ2) is 10.5. The van der Waals surface area contributed by atoms with Gasteiger partial charge in [0.2, 0.25) is 0 Å². The van der Waals surface area contributed by atoms with Gasteiger partial charge in [-0.3, -0.25) is 4.79 Å². The number of halogens is 5. The molecular weight excluding hydrogens is 558 g/mol. The molecule has 3 amide bonds. The predicted octanol–water partition coefficient (Wildman–Crippen LogP) is 6.37. The number of nitrogens with zero attached hydrogens (tertiary/aromatic N) is 1. The molecule has 11 heteroatoms. The van der Waals surface area contributed by atoms with Crippen LogP contribution >= 0.6 is 15.9 Å². The Morgan fingerprint density at radius 1 is 0.919 bits per heavy atom. The number of aliphatic hydroxyl groups is 1. The molecule has 1 heterocycles. The van der Waals surface area contributed by atoms with E-state index >= 15 is 0 Å². The molecule has 37 heavy (non-hydrogen) atoms. The molecule has 3 aromatic carbocycles. The van der Waals surface area contributed by atoms with Gasteiger partial charge in [-0.05, 0) is 66.9 Å². The number of benzene rings is 3. The molecule has 0 bridgehead atoms. The molecule has 0 spiro atoms. The molecule has 1 saturated heterocycles. The molecule has 1 fully saturated rings. The maximum atomic E-state index is 13.6. The van der Waals surface area contributed by atoms with Gasteiger partial charge in [0.1, 0.15) is 5.82 Å². The molecule has 0 saturated carbocycles. The predicted molar refractivity (Wildman–Crippen MR) is 134 cm³/mol. The second-order valence-electron chi connectivity index (χ2n) is 8.68. The normalized spacial score (nSPS) is 15.2. The fraction of sp³-hybridized carbons (Fsp3) is 0.231. The van der Waals surface area contributed by atoms with E-state index < -0.39 is 40.7 Å². The summed E-state index contributed by atoms with van der Waals surface area (Å²) in [6, 6.07) is 14.5. The van der Waals surface area contributed by atoms with E-state index in [1.807, 2.05) is 24.3 Å². The number of alkyl halides is 3. The van der Waals surface area contributed by atoms with Crippen LogP contribution in [0.4, 0.5) is 33.7 Å². The summed E-state index contributed by atoms with van der Waals surface area (Å²) >= 11 is 3.36. The van der Waals surface area contributed by atoms with E-state index in [9.17, 15) is 32.3 Å². The second-order valence-corrected chi connectivity index (χ2v) is 9.59. The lowest BCUT2D eigenvalue weighted by Crippen LogP contribution is -2.46. The Balaban J connectivity index is 1.40. The smallest absolute Gasteiger partial charge is 0.385 e. The van der Waals surface area contributed by atoms with Crippen molar-refractivity contribution in [2.24, 2.45) is 0 Å². The summed E-state index contributed by atoms with van der Waals surface area (Å²) in [5.74, 6) is -2.12. The summed E-state index contributed by atoms with van der Waals surface area (Å²) < 4.78 is 54.2. The Labute approximate surface area is 218 Å². The molecule has 0 radical (unpaired) electrons. The van der Waals surface area contributed by atoms with Crippen molar-refractivity contribution in [3.05, 3.63) is 93.7 Å². The zero-order valence-corrected chi connectivity index (χ0v) is 20.9. The van der Waals surface area contributed by atoms with E-state index in [1.54, 1.807) is 11.0 Å². The van der Waals surface area contributed by atoms with Crippen LogP contribution in [-0.4, -0.2) is 35.0 Å². The average molecular weight is 580 g/mol. The van der Waals surface area contributed by atoms with E-state index in [2.05, 4.69) is 26.6 Å². The number of likely N-dealkylation sites (tertiary alicyclic amines) is 1. The summed E-state index contributed by atoms with van der Waals surface area (Å²) in [4.78, 5) is 26.8. The zero-order valence-electron chi connectivity index (χ0n) is 19.3. The number of amides is 3. The number of piperidine rings is 1. The van der Waals surface area contributed by atoms with Gasteiger partial charge in [-0.1, -0.05) is 34.1 Å². The largest absolute Gasteiger partial charge is 0.417 e. The summed E-state index contributed by atoms with van der Waals surface area (Å²) in [6.07, 6.45) is -4.16. The SMILES string of the molecule is O=C(Nc1cccc(NC(=O)N2CCC(O)(c3ccc(Br)cc3)CC2)c1)c1cc(F)ccc1C(F)(F)F. The minimum absolute atomic E-state index is 0.114.